The first-order valence-corrected chi connectivity index (χ1v) is 11.3. The molecule has 0 saturated carbocycles. The Balaban J connectivity index is 1.62. The van der Waals surface area contributed by atoms with Gasteiger partial charge in [-0.3, -0.25) is 9.12 Å². The molecular weight excluding hydrogens is 390 g/mol. The highest BCUT2D eigenvalue weighted by molar-refractivity contribution is 7.92. The van der Waals surface area contributed by atoms with E-state index in [-0.39, 0.29) is 0 Å². The van der Waals surface area contributed by atoms with Crippen molar-refractivity contribution in [2.75, 3.05) is 4.72 Å². The van der Waals surface area contributed by atoms with Gasteiger partial charge in [0.05, 0.1) is 10.6 Å². The molecule has 0 unspecified atom stereocenters. The van der Waals surface area contributed by atoms with Crippen LogP contribution in [-0.4, -0.2) is 17.8 Å². The largest absolute Gasteiger partial charge is 0.294 e. The molecule has 1 N–H and O–H groups in total. The predicted octanol–water partition coefficient (Wildman–Crippen LogP) is 5.10. The normalized spacial score (nSPS) is 11.9. The summed E-state index contributed by atoms with van der Waals surface area (Å²) < 4.78 is 30.6. The van der Waals surface area contributed by atoms with E-state index in [1.165, 1.54) is 0 Å². The lowest BCUT2D eigenvalue weighted by molar-refractivity contribution is 0.600. The first-order chi connectivity index (χ1) is 13.2. The maximum atomic E-state index is 12.9. The number of sulfonamides is 1. The number of rotatable bonds is 4. The number of fused-ring (bicyclic) bond motifs is 1. The van der Waals surface area contributed by atoms with Crippen LogP contribution < -0.4 is 4.72 Å². The summed E-state index contributed by atoms with van der Waals surface area (Å²) in [5.74, 6) is 0. The molecule has 5 nitrogen and oxygen atoms in total. The summed E-state index contributed by atoms with van der Waals surface area (Å²) in [6.07, 6.45) is 2.00. The molecule has 4 rings (SSSR count). The molecule has 0 aliphatic rings. The van der Waals surface area contributed by atoms with Gasteiger partial charge in [0.1, 0.15) is 0 Å². The molecule has 0 spiro atoms. The van der Waals surface area contributed by atoms with Crippen molar-refractivity contribution in [3.63, 3.8) is 0 Å². The number of anilines is 1. The van der Waals surface area contributed by atoms with Crippen molar-refractivity contribution in [3.8, 4) is 11.3 Å². The number of imidazole rings is 1. The fourth-order valence-corrected chi connectivity index (χ4v) is 5.90. The molecular formula is C21H21N3O2S2. The molecule has 2 heterocycles. The molecule has 0 radical (unpaired) electrons. The van der Waals surface area contributed by atoms with Gasteiger partial charge < -0.3 is 0 Å². The number of aryl methyl sites for hydroxylation is 4. The second-order valence-electron chi connectivity index (χ2n) is 7.07. The molecule has 2 aromatic heterocycles. The number of nitrogens with one attached hydrogen (secondary N) is 1. The van der Waals surface area contributed by atoms with Crippen LogP contribution in [0.1, 0.15) is 22.4 Å². The maximum Gasteiger partial charge on any atom is 0.262 e. The Morgan fingerprint density at radius 2 is 1.64 bits per heavy atom. The zero-order valence-electron chi connectivity index (χ0n) is 16.1. The van der Waals surface area contributed by atoms with Crippen molar-refractivity contribution in [1.29, 1.82) is 0 Å². The maximum absolute atomic E-state index is 12.9. The lowest BCUT2D eigenvalue weighted by atomic mass is 10.1. The Bertz CT molecular complexity index is 1260. The van der Waals surface area contributed by atoms with Gasteiger partial charge >= 0.3 is 0 Å². The van der Waals surface area contributed by atoms with Gasteiger partial charge in [-0.2, -0.15) is 0 Å². The summed E-state index contributed by atoms with van der Waals surface area (Å²) >= 11 is 1.60. The lowest BCUT2D eigenvalue weighted by Gasteiger charge is -2.14. The minimum Gasteiger partial charge on any atom is -0.294 e. The van der Waals surface area contributed by atoms with Gasteiger partial charge in [-0.1, -0.05) is 29.8 Å². The summed E-state index contributed by atoms with van der Waals surface area (Å²) in [7, 11) is -3.65. The van der Waals surface area contributed by atoms with Gasteiger partial charge in [-0.05, 0) is 51.0 Å². The highest BCUT2D eigenvalue weighted by atomic mass is 32.2. The Labute approximate surface area is 168 Å². The van der Waals surface area contributed by atoms with Gasteiger partial charge in [0, 0.05) is 28.5 Å². The van der Waals surface area contributed by atoms with E-state index in [0.29, 0.717) is 10.6 Å². The van der Waals surface area contributed by atoms with Crippen LogP contribution in [0, 0.1) is 27.7 Å². The molecule has 0 fully saturated rings. The van der Waals surface area contributed by atoms with E-state index in [1.54, 1.807) is 23.5 Å². The lowest BCUT2D eigenvalue weighted by Crippen LogP contribution is -2.15. The Morgan fingerprint density at radius 3 is 2.25 bits per heavy atom. The van der Waals surface area contributed by atoms with Crippen molar-refractivity contribution < 1.29 is 8.42 Å². The average molecular weight is 412 g/mol. The fourth-order valence-electron chi connectivity index (χ4n) is 3.54. The molecule has 28 heavy (non-hydrogen) atoms. The van der Waals surface area contributed by atoms with Crippen molar-refractivity contribution in [2.45, 2.75) is 32.6 Å². The number of aromatic nitrogens is 2. The average Bonchev–Trinajstić information content (AvgIpc) is 3.16. The van der Waals surface area contributed by atoms with Crippen molar-refractivity contribution in [2.24, 2.45) is 0 Å². The third kappa shape index (κ3) is 3.31. The van der Waals surface area contributed by atoms with Gasteiger partial charge in [0.25, 0.3) is 10.0 Å². The summed E-state index contributed by atoms with van der Waals surface area (Å²) in [6, 6.07) is 11.1. The number of hydrogen-bond acceptors (Lipinski definition) is 4. The zero-order chi connectivity index (χ0) is 20.1. The first kappa shape index (κ1) is 18.7. The van der Waals surface area contributed by atoms with E-state index in [4.69, 9.17) is 0 Å². The third-order valence-corrected chi connectivity index (χ3v) is 7.34. The van der Waals surface area contributed by atoms with Crippen LogP contribution in [0.5, 0.6) is 0 Å². The number of thiazole rings is 1. The minimum absolute atomic E-state index is 0.340. The second-order valence-corrected chi connectivity index (χ2v) is 9.52. The smallest absolute Gasteiger partial charge is 0.262 e. The Kier molecular flexibility index (Phi) is 4.51. The second kappa shape index (κ2) is 6.76. The highest BCUT2D eigenvalue weighted by Crippen LogP contribution is 2.27. The molecule has 0 saturated heterocycles. The number of hydrogen-bond donors (Lipinski definition) is 1. The van der Waals surface area contributed by atoms with Gasteiger partial charge in [0.15, 0.2) is 4.96 Å². The van der Waals surface area contributed by atoms with Gasteiger partial charge in [-0.25, -0.2) is 13.4 Å². The molecule has 0 bridgehead atoms. The molecule has 144 valence electrons. The summed E-state index contributed by atoms with van der Waals surface area (Å²) in [5, 5.41) is 2.07. The van der Waals surface area contributed by atoms with E-state index in [2.05, 4.69) is 19.5 Å². The summed E-state index contributed by atoms with van der Waals surface area (Å²) in [6.45, 7) is 7.65. The Hall–Kier alpha value is -2.64. The van der Waals surface area contributed by atoms with E-state index >= 15 is 0 Å². The molecule has 7 heteroatoms. The SMILES string of the molecule is Cc1cc(C)c(S(=O)(=O)Nc2ccc(-c3cn4c(C)csc4n3)cc2)c(C)c1. The van der Waals surface area contributed by atoms with E-state index in [0.717, 1.165) is 38.6 Å². The van der Waals surface area contributed by atoms with Gasteiger partial charge in [0.2, 0.25) is 0 Å². The predicted molar refractivity (Wildman–Crippen MR) is 115 cm³/mol. The molecule has 0 atom stereocenters. The summed E-state index contributed by atoms with van der Waals surface area (Å²) in [5.41, 5.74) is 6.03. The fraction of sp³-hybridized carbons (Fsp3) is 0.190. The van der Waals surface area contributed by atoms with Crippen LogP contribution in [0.25, 0.3) is 16.2 Å². The Morgan fingerprint density at radius 1 is 1.00 bits per heavy atom. The van der Waals surface area contributed by atoms with Crippen molar-refractivity contribution in [3.05, 3.63) is 70.4 Å². The minimum atomic E-state index is -3.65. The van der Waals surface area contributed by atoms with Crippen molar-refractivity contribution in [1.82, 2.24) is 9.38 Å². The van der Waals surface area contributed by atoms with Crippen LogP contribution in [0.4, 0.5) is 5.69 Å². The van der Waals surface area contributed by atoms with Gasteiger partial charge in [-0.15, -0.1) is 11.3 Å². The third-order valence-electron chi connectivity index (χ3n) is 4.69. The molecule has 2 aromatic carbocycles. The van der Waals surface area contributed by atoms with Crippen LogP contribution in [0.2, 0.25) is 0 Å². The summed E-state index contributed by atoms with van der Waals surface area (Å²) in [4.78, 5) is 5.92. The van der Waals surface area contributed by atoms with Crippen molar-refractivity contribution >= 4 is 32.0 Å². The topological polar surface area (TPSA) is 63.5 Å². The van der Waals surface area contributed by atoms with E-state index < -0.39 is 10.0 Å². The monoisotopic (exact) mass is 411 g/mol. The number of benzene rings is 2. The number of nitrogens with zero attached hydrogens (tertiary/aromatic N) is 2. The van der Waals surface area contributed by atoms with E-state index in [1.807, 2.05) is 58.2 Å². The van der Waals surface area contributed by atoms with Crippen LogP contribution in [0.3, 0.4) is 0 Å². The molecule has 0 amide bonds. The standard InChI is InChI=1S/C21H21N3O2S2/c1-13-9-14(2)20(15(3)10-13)28(25,26)23-18-7-5-17(6-8-18)19-11-24-16(4)12-27-21(24)22-19/h5-12,23H,1-4H3. The first-order valence-electron chi connectivity index (χ1n) is 8.89. The molecule has 0 aliphatic heterocycles. The quantitative estimate of drug-likeness (QED) is 0.508. The zero-order valence-corrected chi connectivity index (χ0v) is 17.8. The van der Waals surface area contributed by atoms with Crippen LogP contribution in [0.15, 0.2) is 52.9 Å². The highest BCUT2D eigenvalue weighted by Gasteiger charge is 2.20. The van der Waals surface area contributed by atoms with E-state index in [9.17, 15) is 8.42 Å². The van der Waals surface area contributed by atoms with Crippen LogP contribution >= 0.6 is 11.3 Å². The molecule has 4 aromatic rings. The molecule has 0 aliphatic carbocycles. The van der Waals surface area contributed by atoms with Crippen LogP contribution in [-0.2, 0) is 10.0 Å².